The van der Waals surface area contributed by atoms with Gasteiger partial charge in [-0.05, 0) is 43.4 Å². The van der Waals surface area contributed by atoms with Gasteiger partial charge in [-0.25, -0.2) is 4.39 Å². The first-order valence-electron chi connectivity index (χ1n) is 6.76. The van der Waals surface area contributed by atoms with Gasteiger partial charge in [0.05, 0.1) is 0 Å². The number of anilines is 1. The number of thiocarbonyl (C=S) groups is 1. The van der Waals surface area contributed by atoms with Crippen LogP contribution in [0.5, 0.6) is 0 Å². The van der Waals surface area contributed by atoms with Crippen molar-refractivity contribution in [3.8, 4) is 0 Å². The van der Waals surface area contributed by atoms with Gasteiger partial charge < -0.3 is 10.6 Å². The summed E-state index contributed by atoms with van der Waals surface area (Å²) in [5.41, 5.74) is 6.74. The highest BCUT2D eigenvalue weighted by atomic mass is 32.1. The summed E-state index contributed by atoms with van der Waals surface area (Å²) in [5, 5.41) is 0. The molecule has 0 bridgehead atoms. The van der Waals surface area contributed by atoms with Crippen LogP contribution in [0, 0.1) is 17.7 Å². The number of hydrogen-bond donors (Lipinski definition) is 1. The Hall–Kier alpha value is -1.16. The molecule has 3 atom stereocenters. The molecule has 2 N–H and O–H groups in total. The van der Waals surface area contributed by atoms with Crippen LogP contribution in [-0.4, -0.2) is 17.6 Å². The van der Waals surface area contributed by atoms with Crippen molar-refractivity contribution in [2.24, 2.45) is 17.6 Å². The predicted molar refractivity (Wildman–Crippen MR) is 82.0 cm³/mol. The number of halogens is 1. The van der Waals surface area contributed by atoms with Crippen LogP contribution in [0.3, 0.4) is 0 Å². The number of piperidine rings is 1. The summed E-state index contributed by atoms with van der Waals surface area (Å²) >= 11 is 4.83. The summed E-state index contributed by atoms with van der Waals surface area (Å²) in [6.07, 6.45) is 1.23. The van der Waals surface area contributed by atoms with Crippen LogP contribution in [0.4, 0.5) is 10.1 Å². The average molecular weight is 280 g/mol. The van der Waals surface area contributed by atoms with Gasteiger partial charge in [0.1, 0.15) is 10.8 Å². The summed E-state index contributed by atoms with van der Waals surface area (Å²) in [6, 6.07) is 5.57. The Morgan fingerprint density at radius 3 is 2.63 bits per heavy atom. The molecule has 1 saturated heterocycles. The van der Waals surface area contributed by atoms with Crippen molar-refractivity contribution >= 4 is 22.9 Å². The third kappa shape index (κ3) is 2.89. The molecule has 1 heterocycles. The highest BCUT2D eigenvalue weighted by Crippen LogP contribution is 2.31. The molecule has 1 aromatic carbocycles. The zero-order valence-corrected chi connectivity index (χ0v) is 12.5. The topological polar surface area (TPSA) is 29.3 Å². The molecule has 4 heteroatoms. The van der Waals surface area contributed by atoms with Gasteiger partial charge in [0.2, 0.25) is 0 Å². The predicted octanol–water partition coefficient (Wildman–Crippen LogP) is 3.33. The minimum atomic E-state index is -0.330. The van der Waals surface area contributed by atoms with E-state index in [0.29, 0.717) is 23.4 Å². The lowest BCUT2D eigenvalue weighted by molar-refractivity contribution is 0.297. The molecular formula is C15H21FN2S. The largest absolute Gasteiger partial charge is 0.389 e. The van der Waals surface area contributed by atoms with Gasteiger partial charge >= 0.3 is 0 Å². The Kier molecular flexibility index (Phi) is 4.09. The number of benzene rings is 1. The van der Waals surface area contributed by atoms with Crippen LogP contribution >= 0.6 is 12.2 Å². The molecule has 0 spiro atoms. The second-order valence-corrected chi connectivity index (χ2v) is 6.18. The third-order valence-corrected chi connectivity index (χ3v) is 4.37. The second-order valence-electron chi connectivity index (χ2n) is 5.74. The fraction of sp³-hybridized carbons (Fsp3) is 0.533. The maximum absolute atomic E-state index is 14.0. The Morgan fingerprint density at radius 1 is 1.37 bits per heavy atom. The van der Waals surface area contributed by atoms with Gasteiger partial charge in [0.15, 0.2) is 0 Å². The van der Waals surface area contributed by atoms with Gasteiger partial charge in [0.25, 0.3) is 0 Å². The minimum Gasteiger partial charge on any atom is -0.389 e. The molecule has 0 aromatic heterocycles. The third-order valence-electron chi connectivity index (χ3n) is 4.15. The normalized spacial score (nSPS) is 27.4. The molecule has 0 radical (unpaired) electrons. The minimum absolute atomic E-state index is 0.109. The van der Waals surface area contributed by atoms with Crippen LogP contribution in [0.25, 0.3) is 0 Å². The first-order chi connectivity index (χ1) is 8.90. The second kappa shape index (κ2) is 5.45. The molecule has 3 unspecified atom stereocenters. The zero-order valence-electron chi connectivity index (χ0n) is 11.7. The smallest absolute Gasteiger partial charge is 0.135 e. The van der Waals surface area contributed by atoms with Gasteiger partial charge in [-0.3, -0.25) is 0 Å². The van der Waals surface area contributed by atoms with E-state index in [1.54, 1.807) is 12.1 Å². The van der Waals surface area contributed by atoms with E-state index >= 15 is 0 Å². The van der Waals surface area contributed by atoms with E-state index in [0.717, 1.165) is 12.2 Å². The number of rotatable bonds is 2. The van der Waals surface area contributed by atoms with Gasteiger partial charge in [-0.15, -0.1) is 0 Å². The Bertz CT molecular complexity index is 489. The summed E-state index contributed by atoms with van der Waals surface area (Å²) in [4.78, 5) is 2.39. The first kappa shape index (κ1) is 14.3. The monoisotopic (exact) mass is 280 g/mol. The van der Waals surface area contributed by atoms with Crippen LogP contribution < -0.4 is 10.6 Å². The van der Waals surface area contributed by atoms with E-state index < -0.39 is 0 Å². The molecule has 1 aliphatic heterocycles. The Labute approximate surface area is 119 Å². The van der Waals surface area contributed by atoms with Gasteiger partial charge in [0, 0.05) is 23.8 Å². The standard InChI is InChI=1S/C15H21FN2S/c1-9-6-10(2)11(3)18(8-9)12-4-5-13(15(17)19)14(16)7-12/h4-5,7,9-11H,6,8H2,1-3H3,(H2,17,19). The number of nitrogens with zero attached hydrogens (tertiary/aromatic N) is 1. The SMILES string of the molecule is CC1CC(C)C(C)N(c2ccc(C(N)=S)c(F)c2)C1. The molecule has 1 fully saturated rings. The summed E-state index contributed by atoms with van der Waals surface area (Å²) in [7, 11) is 0. The Balaban J connectivity index is 2.31. The molecule has 19 heavy (non-hydrogen) atoms. The molecule has 0 saturated carbocycles. The molecular weight excluding hydrogens is 259 g/mol. The highest BCUT2D eigenvalue weighted by Gasteiger charge is 2.29. The summed E-state index contributed by atoms with van der Waals surface area (Å²) in [6.45, 7) is 7.68. The number of nitrogens with two attached hydrogens (primary N) is 1. The van der Waals surface area contributed by atoms with Crippen LogP contribution in [0.15, 0.2) is 18.2 Å². The van der Waals surface area contributed by atoms with Crippen molar-refractivity contribution in [3.05, 3.63) is 29.6 Å². The average Bonchev–Trinajstić information content (AvgIpc) is 2.33. The summed E-state index contributed by atoms with van der Waals surface area (Å²) < 4.78 is 14.0. The van der Waals surface area contributed by atoms with Gasteiger partial charge in [-0.1, -0.05) is 26.1 Å². The maximum Gasteiger partial charge on any atom is 0.135 e. The molecule has 2 nitrogen and oxygen atoms in total. The highest BCUT2D eigenvalue weighted by molar-refractivity contribution is 7.80. The summed E-state index contributed by atoms with van der Waals surface area (Å²) in [5.74, 6) is 0.912. The molecule has 1 aromatic rings. The van der Waals surface area contributed by atoms with E-state index in [1.165, 1.54) is 6.42 Å². The van der Waals surface area contributed by atoms with Crippen molar-refractivity contribution in [3.63, 3.8) is 0 Å². The van der Waals surface area contributed by atoms with Crippen molar-refractivity contribution in [1.29, 1.82) is 0 Å². The molecule has 0 amide bonds. The lowest BCUT2D eigenvalue weighted by atomic mass is 9.85. The fourth-order valence-corrected chi connectivity index (χ4v) is 3.10. The molecule has 1 aliphatic rings. The lowest BCUT2D eigenvalue weighted by Gasteiger charge is -2.42. The maximum atomic E-state index is 14.0. The van der Waals surface area contributed by atoms with Crippen LogP contribution in [0.2, 0.25) is 0 Å². The van der Waals surface area contributed by atoms with Crippen molar-refractivity contribution < 1.29 is 4.39 Å². The molecule has 104 valence electrons. The van der Waals surface area contributed by atoms with Crippen LogP contribution in [-0.2, 0) is 0 Å². The fourth-order valence-electron chi connectivity index (χ4n) is 2.94. The Morgan fingerprint density at radius 2 is 2.05 bits per heavy atom. The number of hydrogen-bond acceptors (Lipinski definition) is 2. The van der Waals surface area contributed by atoms with Crippen LogP contribution in [0.1, 0.15) is 32.8 Å². The molecule has 2 rings (SSSR count). The van der Waals surface area contributed by atoms with Crippen molar-refractivity contribution in [1.82, 2.24) is 0 Å². The lowest BCUT2D eigenvalue weighted by Crippen LogP contribution is -2.45. The van der Waals surface area contributed by atoms with E-state index in [9.17, 15) is 4.39 Å². The quantitative estimate of drug-likeness (QED) is 0.843. The van der Waals surface area contributed by atoms with E-state index in [-0.39, 0.29) is 10.8 Å². The van der Waals surface area contributed by atoms with E-state index in [4.69, 9.17) is 18.0 Å². The van der Waals surface area contributed by atoms with E-state index in [2.05, 4.69) is 25.7 Å². The van der Waals surface area contributed by atoms with Gasteiger partial charge in [-0.2, -0.15) is 0 Å². The van der Waals surface area contributed by atoms with Crippen molar-refractivity contribution in [2.45, 2.75) is 33.2 Å². The first-order valence-corrected chi connectivity index (χ1v) is 7.17. The van der Waals surface area contributed by atoms with Crippen molar-refractivity contribution in [2.75, 3.05) is 11.4 Å². The zero-order chi connectivity index (χ0) is 14.2. The molecule has 0 aliphatic carbocycles. The van der Waals surface area contributed by atoms with E-state index in [1.807, 2.05) is 6.07 Å².